The molecule has 112 valence electrons. The Morgan fingerprint density at radius 1 is 1.55 bits per heavy atom. The molecule has 0 aromatic carbocycles. The van der Waals surface area contributed by atoms with Crippen LogP contribution in [0.4, 0.5) is 0 Å². The highest BCUT2D eigenvalue weighted by Crippen LogP contribution is 2.15. The Balaban J connectivity index is 1.98. The van der Waals surface area contributed by atoms with Gasteiger partial charge >= 0.3 is 0 Å². The van der Waals surface area contributed by atoms with E-state index in [1.54, 1.807) is 9.58 Å². The van der Waals surface area contributed by atoms with Crippen molar-refractivity contribution in [1.29, 1.82) is 0 Å². The van der Waals surface area contributed by atoms with Crippen LogP contribution in [0.15, 0.2) is 6.07 Å². The van der Waals surface area contributed by atoms with Crippen molar-refractivity contribution in [1.82, 2.24) is 14.7 Å². The molecule has 5 nitrogen and oxygen atoms in total. The number of amides is 1. The van der Waals surface area contributed by atoms with E-state index in [0.29, 0.717) is 12.2 Å². The van der Waals surface area contributed by atoms with Gasteiger partial charge in [-0.2, -0.15) is 5.10 Å². The minimum atomic E-state index is 0.0246. The van der Waals surface area contributed by atoms with Gasteiger partial charge in [-0.15, -0.1) is 0 Å². The number of aryl methyl sites for hydroxylation is 2. The number of hydrogen-bond acceptors (Lipinski definition) is 3. The number of hydrogen-bond donors (Lipinski definition) is 0. The number of ether oxygens (including phenoxy) is 1. The van der Waals surface area contributed by atoms with Gasteiger partial charge in [0.25, 0.3) is 5.91 Å². The van der Waals surface area contributed by atoms with Gasteiger partial charge in [-0.1, -0.05) is 13.3 Å². The summed E-state index contributed by atoms with van der Waals surface area (Å²) >= 11 is 0. The normalized spacial score (nSPS) is 19.1. The smallest absolute Gasteiger partial charge is 0.271 e. The Kier molecular flexibility index (Phi) is 5.17. The van der Waals surface area contributed by atoms with Crippen molar-refractivity contribution < 1.29 is 9.53 Å². The Morgan fingerprint density at radius 3 is 3.00 bits per heavy atom. The summed E-state index contributed by atoms with van der Waals surface area (Å²) in [4.78, 5) is 14.2. The van der Waals surface area contributed by atoms with E-state index in [1.165, 1.54) is 6.42 Å². The molecule has 1 saturated heterocycles. The van der Waals surface area contributed by atoms with Crippen LogP contribution in [-0.2, 0) is 18.2 Å². The lowest BCUT2D eigenvalue weighted by molar-refractivity contribution is -0.000379. The standard InChI is InChI=1S/C15H25N3O2/c1-4-7-12-10-14(18(3)16-12)15(19)17(2)11-13-8-5-6-9-20-13/h10,13H,4-9,11H2,1-3H3/t13-/m0/s1. The second kappa shape index (κ2) is 6.88. The van der Waals surface area contributed by atoms with E-state index < -0.39 is 0 Å². The van der Waals surface area contributed by atoms with Crippen molar-refractivity contribution in [2.75, 3.05) is 20.2 Å². The molecule has 1 fully saturated rings. The van der Waals surface area contributed by atoms with Gasteiger partial charge < -0.3 is 9.64 Å². The first kappa shape index (κ1) is 15.0. The topological polar surface area (TPSA) is 47.4 Å². The Hall–Kier alpha value is -1.36. The summed E-state index contributed by atoms with van der Waals surface area (Å²) in [5, 5.41) is 4.39. The maximum absolute atomic E-state index is 12.5. The molecule has 5 heteroatoms. The summed E-state index contributed by atoms with van der Waals surface area (Å²) < 4.78 is 7.38. The summed E-state index contributed by atoms with van der Waals surface area (Å²) in [6, 6.07) is 1.91. The van der Waals surface area contributed by atoms with Crippen molar-refractivity contribution in [3.8, 4) is 0 Å². The molecule has 20 heavy (non-hydrogen) atoms. The zero-order valence-electron chi connectivity index (χ0n) is 12.8. The van der Waals surface area contributed by atoms with Crippen molar-refractivity contribution in [3.63, 3.8) is 0 Å². The van der Waals surface area contributed by atoms with E-state index >= 15 is 0 Å². The molecule has 0 saturated carbocycles. The highest BCUT2D eigenvalue weighted by Gasteiger charge is 2.22. The number of nitrogens with zero attached hydrogens (tertiary/aromatic N) is 3. The summed E-state index contributed by atoms with van der Waals surface area (Å²) in [6.45, 7) is 3.59. The van der Waals surface area contributed by atoms with E-state index in [-0.39, 0.29) is 12.0 Å². The van der Waals surface area contributed by atoms with Gasteiger partial charge in [-0.3, -0.25) is 9.48 Å². The minimum absolute atomic E-state index is 0.0246. The van der Waals surface area contributed by atoms with Crippen LogP contribution in [0.5, 0.6) is 0 Å². The van der Waals surface area contributed by atoms with Crippen molar-refractivity contribution >= 4 is 5.91 Å². The van der Waals surface area contributed by atoms with E-state index in [2.05, 4.69) is 12.0 Å². The van der Waals surface area contributed by atoms with Crippen molar-refractivity contribution in [2.24, 2.45) is 7.05 Å². The third-order valence-electron chi connectivity index (χ3n) is 3.75. The fourth-order valence-electron chi connectivity index (χ4n) is 2.64. The van der Waals surface area contributed by atoms with Crippen LogP contribution in [0.25, 0.3) is 0 Å². The van der Waals surface area contributed by atoms with Crippen molar-refractivity contribution in [2.45, 2.75) is 45.1 Å². The predicted octanol–water partition coefficient (Wildman–Crippen LogP) is 2.01. The third-order valence-corrected chi connectivity index (χ3v) is 3.75. The van der Waals surface area contributed by atoms with Gasteiger partial charge in [0.15, 0.2) is 0 Å². The number of carbonyl (C=O) groups is 1. The monoisotopic (exact) mass is 279 g/mol. The number of aromatic nitrogens is 2. The minimum Gasteiger partial charge on any atom is -0.376 e. The van der Waals surface area contributed by atoms with Crippen molar-refractivity contribution in [3.05, 3.63) is 17.5 Å². The Bertz CT molecular complexity index is 450. The van der Waals surface area contributed by atoms with Crippen LogP contribution in [0.2, 0.25) is 0 Å². The van der Waals surface area contributed by atoms with Gasteiger partial charge in [0.05, 0.1) is 11.8 Å². The van der Waals surface area contributed by atoms with E-state index in [9.17, 15) is 4.79 Å². The van der Waals surface area contributed by atoms with Gasteiger partial charge in [-0.05, 0) is 31.7 Å². The molecule has 0 bridgehead atoms. The van der Waals surface area contributed by atoms with Crippen LogP contribution in [0.1, 0.15) is 48.8 Å². The average molecular weight is 279 g/mol. The second-order valence-electron chi connectivity index (χ2n) is 5.57. The van der Waals surface area contributed by atoms with Gasteiger partial charge in [0, 0.05) is 27.2 Å². The predicted molar refractivity (Wildman–Crippen MR) is 77.8 cm³/mol. The lowest BCUT2D eigenvalue weighted by Crippen LogP contribution is -2.37. The summed E-state index contributed by atoms with van der Waals surface area (Å²) in [7, 11) is 3.67. The molecule has 1 atom stereocenters. The first-order chi connectivity index (χ1) is 9.61. The zero-order valence-corrected chi connectivity index (χ0v) is 12.8. The molecule has 1 aromatic rings. The van der Waals surface area contributed by atoms with E-state index in [0.717, 1.165) is 38.0 Å². The van der Waals surface area contributed by atoms with Gasteiger partial charge in [0.2, 0.25) is 0 Å². The van der Waals surface area contributed by atoms with E-state index in [1.807, 2.05) is 20.2 Å². The average Bonchev–Trinajstić information content (AvgIpc) is 2.80. The number of likely N-dealkylation sites (N-methyl/N-ethyl adjacent to an activating group) is 1. The maximum Gasteiger partial charge on any atom is 0.271 e. The summed E-state index contributed by atoms with van der Waals surface area (Å²) in [5.74, 6) is 0.0246. The molecular weight excluding hydrogens is 254 g/mol. The molecule has 0 aliphatic carbocycles. The molecule has 0 unspecified atom stereocenters. The molecule has 1 aliphatic heterocycles. The lowest BCUT2D eigenvalue weighted by Gasteiger charge is -2.27. The first-order valence-corrected chi connectivity index (χ1v) is 7.51. The highest BCUT2D eigenvalue weighted by atomic mass is 16.5. The SMILES string of the molecule is CCCc1cc(C(=O)N(C)C[C@@H]2CCCCO2)n(C)n1. The largest absolute Gasteiger partial charge is 0.376 e. The zero-order chi connectivity index (χ0) is 14.5. The lowest BCUT2D eigenvalue weighted by atomic mass is 10.1. The Morgan fingerprint density at radius 2 is 2.35 bits per heavy atom. The maximum atomic E-state index is 12.5. The molecule has 1 aromatic heterocycles. The molecule has 0 radical (unpaired) electrons. The van der Waals surface area contributed by atoms with E-state index in [4.69, 9.17) is 4.74 Å². The molecule has 1 aliphatic rings. The van der Waals surface area contributed by atoms with Crippen LogP contribution >= 0.6 is 0 Å². The number of rotatable bonds is 5. The fraction of sp³-hybridized carbons (Fsp3) is 0.733. The quantitative estimate of drug-likeness (QED) is 0.828. The molecule has 2 heterocycles. The molecule has 0 spiro atoms. The fourth-order valence-corrected chi connectivity index (χ4v) is 2.64. The second-order valence-corrected chi connectivity index (χ2v) is 5.57. The third kappa shape index (κ3) is 3.60. The van der Waals surface area contributed by atoms with Crippen LogP contribution < -0.4 is 0 Å². The first-order valence-electron chi connectivity index (χ1n) is 7.51. The van der Waals surface area contributed by atoms with Crippen LogP contribution in [0.3, 0.4) is 0 Å². The molecule has 1 amide bonds. The molecule has 2 rings (SSSR count). The Labute approximate surface area is 120 Å². The van der Waals surface area contributed by atoms with Gasteiger partial charge in [-0.25, -0.2) is 0 Å². The summed E-state index contributed by atoms with van der Waals surface area (Å²) in [5.41, 5.74) is 1.65. The summed E-state index contributed by atoms with van der Waals surface area (Å²) in [6.07, 6.45) is 5.51. The van der Waals surface area contributed by atoms with Crippen LogP contribution in [0, 0.1) is 0 Å². The molecular formula is C15H25N3O2. The van der Waals surface area contributed by atoms with Gasteiger partial charge in [0.1, 0.15) is 5.69 Å². The highest BCUT2D eigenvalue weighted by molar-refractivity contribution is 5.92. The molecule has 0 N–H and O–H groups in total. The number of carbonyl (C=O) groups excluding carboxylic acids is 1. The van der Waals surface area contributed by atoms with Crippen LogP contribution in [-0.4, -0.2) is 46.9 Å².